The van der Waals surface area contributed by atoms with Gasteiger partial charge in [0.15, 0.2) is 5.60 Å². The minimum absolute atomic E-state index is 0.402. The van der Waals surface area contributed by atoms with Gasteiger partial charge in [-0.15, -0.1) is 0 Å². The summed E-state index contributed by atoms with van der Waals surface area (Å²) in [5.74, 6) is 0. The molecule has 0 atom stereocenters. The fourth-order valence-electron chi connectivity index (χ4n) is 2.11. The molecule has 0 spiro atoms. The van der Waals surface area contributed by atoms with Crippen molar-refractivity contribution in [3.05, 3.63) is 35.9 Å². The van der Waals surface area contributed by atoms with Crippen LogP contribution in [0.5, 0.6) is 0 Å². The van der Waals surface area contributed by atoms with Crippen LogP contribution in [0.4, 0.5) is 0 Å². The van der Waals surface area contributed by atoms with E-state index in [4.69, 9.17) is 10.00 Å². The van der Waals surface area contributed by atoms with Crippen LogP contribution in [-0.4, -0.2) is 13.1 Å². The summed E-state index contributed by atoms with van der Waals surface area (Å²) in [4.78, 5) is 0. The summed E-state index contributed by atoms with van der Waals surface area (Å²) in [5, 5.41) is 12.0. The minimum atomic E-state index is -0.402. The Morgan fingerprint density at radius 3 is 2.47 bits per heavy atom. The number of nitrogens with one attached hydrogen (secondary N) is 1. The molecule has 0 saturated carbocycles. The molecule has 1 N–H and O–H groups in total. The second kappa shape index (κ2) is 4.33. The van der Waals surface area contributed by atoms with Gasteiger partial charge in [-0.05, 0) is 18.7 Å². The lowest BCUT2D eigenvalue weighted by atomic mass is 9.85. The average Bonchev–Trinajstić information content (AvgIpc) is 2.32. The van der Waals surface area contributed by atoms with E-state index in [0.717, 1.165) is 31.5 Å². The standard InChI is InChI=1S/C12H14N2O/c13-10-15-12(6-8-14-9-7-12)11-4-2-1-3-5-11/h1-5,14H,6-9H2. The number of nitriles is 1. The number of rotatable bonds is 2. The lowest BCUT2D eigenvalue weighted by Crippen LogP contribution is -2.41. The molecule has 1 saturated heterocycles. The Labute approximate surface area is 89.7 Å². The van der Waals surface area contributed by atoms with Crippen LogP contribution in [0.25, 0.3) is 0 Å². The molecule has 0 unspecified atom stereocenters. The zero-order valence-corrected chi connectivity index (χ0v) is 8.57. The highest BCUT2D eigenvalue weighted by Gasteiger charge is 2.35. The van der Waals surface area contributed by atoms with Gasteiger partial charge in [-0.1, -0.05) is 30.3 Å². The van der Waals surface area contributed by atoms with Crippen LogP contribution >= 0.6 is 0 Å². The Morgan fingerprint density at radius 1 is 1.20 bits per heavy atom. The predicted octanol–water partition coefficient (Wildman–Crippen LogP) is 1.76. The van der Waals surface area contributed by atoms with Crippen molar-refractivity contribution in [2.45, 2.75) is 18.4 Å². The van der Waals surface area contributed by atoms with E-state index in [-0.39, 0.29) is 0 Å². The first kappa shape index (κ1) is 10.0. The number of hydrogen-bond acceptors (Lipinski definition) is 3. The summed E-state index contributed by atoms with van der Waals surface area (Å²) in [7, 11) is 0. The third-order valence-electron chi connectivity index (χ3n) is 2.95. The molecule has 1 aliphatic rings. The van der Waals surface area contributed by atoms with Crippen LogP contribution in [0.15, 0.2) is 30.3 Å². The number of piperidine rings is 1. The van der Waals surface area contributed by atoms with Crippen LogP contribution in [-0.2, 0) is 10.3 Å². The van der Waals surface area contributed by atoms with E-state index in [1.807, 2.05) is 36.6 Å². The van der Waals surface area contributed by atoms with Crippen molar-refractivity contribution in [2.24, 2.45) is 0 Å². The third kappa shape index (κ3) is 1.95. The van der Waals surface area contributed by atoms with Gasteiger partial charge in [-0.3, -0.25) is 0 Å². The molecule has 0 amide bonds. The molecule has 15 heavy (non-hydrogen) atoms. The van der Waals surface area contributed by atoms with Crippen LogP contribution in [0, 0.1) is 11.5 Å². The Hall–Kier alpha value is -1.53. The normalized spacial score (nSPS) is 19.1. The van der Waals surface area contributed by atoms with E-state index in [1.165, 1.54) is 0 Å². The highest BCUT2D eigenvalue weighted by atomic mass is 16.5. The van der Waals surface area contributed by atoms with Crippen LogP contribution < -0.4 is 5.32 Å². The van der Waals surface area contributed by atoms with Crippen LogP contribution in [0.3, 0.4) is 0 Å². The zero-order valence-electron chi connectivity index (χ0n) is 8.57. The molecule has 1 fully saturated rings. The smallest absolute Gasteiger partial charge is 0.287 e. The molecule has 2 rings (SSSR count). The summed E-state index contributed by atoms with van der Waals surface area (Å²) in [6.07, 6.45) is 3.55. The maximum atomic E-state index is 8.75. The molecular formula is C12H14N2O. The topological polar surface area (TPSA) is 45.0 Å². The van der Waals surface area contributed by atoms with Gasteiger partial charge in [0.1, 0.15) is 0 Å². The molecule has 78 valence electrons. The van der Waals surface area contributed by atoms with Crippen molar-refractivity contribution in [1.82, 2.24) is 5.32 Å². The first-order valence-corrected chi connectivity index (χ1v) is 5.21. The fraction of sp³-hybridized carbons (Fsp3) is 0.417. The van der Waals surface area contributed by atoms with E-state index >= 15 is 0 Å². The van der Waals surface area contributed by atoms with Crippen molar-refractivity contribution in [1.29, 1.82) is 5.26 Å². The minimum Gasteiger partial charge on any atom is -0.416 e. The maximum absolute atomic E-state index is 8.75. The number of hydrogen-bond donors (Lipinski definition) is 1. The van der Waals surface area contributed by atoms with E-state index in [1.54, 1.807) is 0 Å². The number of benzene rings is 1. The summed E-state index contributed by atoms with van der Waals surface area (Å²) in [6, 6.07) is 10.0. The van der Waals surface area contributed by atoms with Gasteiger partial charge in [0.05, 0.1) is 0 Å². The summed E-state index contributed by atoms with van der Waals surface area (Å²) < 4.78 is 5.32. The highest BCUT2D eigenvalue weighted by Crippen LogP contribution is 2.34. The monoisotopic (exact) mass is 202 g/mol. The Morgan fingerprint density at radius 2 is 1.87 bits per heavy atom. The molecule has 1 aromatic carbocycles. The van der Waals surface area contributed by atoms with Gasteiger partial charge in [0.25, 0.3) is 6.26 Å². The third-order valence-corrected chi connectivity index (χ3v) is 2.95. The molecule has 1 aromatic rings. The Balaban J connectivity index is 2.30. The molecule has 1 aliphatic heterocycles. The summed E-state index contributed by atoms with van der Waals surface area (Å²) in [5.41, 5.74) is 0.703. The maximum Gasteiger partial charge on any atom is 0.287 e. The second-order valence-corrected chi connectivity index (χ2v) is 3.80. The SMILES string of the molecule is N#COC1(c2ccccc2)CCNCC1. The van der Waals surface area contributed by atoms with Gasteiger partial charge in [-0.25, -0.2) is 0 Å². The number of nitrogens with zero attached hydrogens (tertiary/aromatic N) is 1. The van der Waals surface area contributed by atoms with Gasteiger partial charge in [0.2, 0.25) is 0 Å². The van der Waals surface area contributed by atoms with Crippen molar-refractivity contribution in [3.8, 4) is 6.26 Å². The largest absolute Gasteiger partial charge is 0.416 e. The Bertz CT molecular complexity index is 350. The van der Waals surface area contributed by atoms with Crippen molar-refractivity contribution < 1.29 is 4.74 Å². The van der Waals surface area contributed by atoms with E-state index in [0.29, 0.717) is 0 Å². The van der Waals surface area contributed by atoms with E-state index < -0.39 is 5.60 Å². The van der Waals surface area contributed by atoms with Gasteiger partial charge < -0.3 is 10.1 Å². The quantitative estimate of drug-likeness (QED) is 0.743. The van der Waals surface area contributed by atoms with Gasteiger partial charge >= 0.3 is 0 Å². The molecule has 0 bridgehead atoms. The van der Waals surface area contributed by atoms with Crippen molar-refractivity contribution in [2.75, 3.05) is 13.1 Å². The second-order valence-electron chi connectivity index (χ2n) is 3.80. The average molecular weight is 202 g/mol. The van der Waals surface area contributed by atoms with E-state index in [2.05, 4.69) is 5.32 Å². The molecule has 0 radical (unpaired) electrons. The fourth-order valence-corrected chi connectivity index (χ4v) is 2.11. The van der Waals surface area contributed by atoms with Crippen molar-refractivity contribution in [3.63, 3.8) is 0 Å². The number of ether oxygens (including phenoxy) is 1. The van der Waals surface area contributed by atoms with Gasteiger partial charge in [0, 0.05) is 12.8 Å². The van der Waals surface area contributed by atoms with Crippen LogP contribution in [0.2, 0.25) is 0 Å². The molecule has 0 aliphatic carbocycles. The molecule has 1 heterocycles. The predicted molar refractivity (Wildman–Crippen MR) is 56.9 cm³/mol. The first-order chi connectivity index (χ1) is 7.37. The molecular weight excluding hydrogens is 188 g/mol. The highest BCUT2D eigenvalue weighted by molar-refractivity contribution is 5.23. The first-order valence-electron chi connectivity index (χ1n) is 5.21. The summed E-state index contributed by atoms with van der Waals surface area (Å²) >= 11 is 0. The summed E-state index contributed by atoms with van der Waals surface area (Å²) in [6.45, 7) is 1.80. The van der Waals surface area contributed by atoms with Gasteiger partial charge in [-0.2, -0.15) is 5.26 Å². The van der Waals surface area contributed by atoms with Crippen molar-refractivity contribution >= 4 is 0 Å². The molecule has 3 nitrogen and oxygen atoms in total. The van der Waals surface area contributed by atoms with Crippen LogP contribution in [0.1, 0.15) is 18.4 Å². The molecule has 3 heteroatoms. The zero-order chi connectivity index (χ0) is 10.6. The Kier molecular flexibility index (Phi) is 2.89. The lowest BCUT2D eigenvalue weighted by Gasteiger charge is -2.35. The molecule has 0 aromatic heterocycles. The lowest BCUT2D eigenvalue weighted by molar-refractivity contribution is 0.00176. The van der Waals surface area contributed by atoms with E-state index in [9.17, 15) is 0 Å².